The highest BCUT2D eigenvalue weighted by molar-refractivity contribution is 7.80. The molecule has 0 saturated heterocycles. The summed E-state index contributed by atoms with van der Waals surface area (Å²) in [7, 11) is 0. The summed E-state index contributed by atoms with van der Waals surface area (Å²) in [5.74, 6) is 7.19. The van der Waals surface area contributed by atoms with Gasteiger partial charge in [0, 0.05) is 5.25 Å². The van der Waals surface area contributed by atoms with E-state index >= 15 is 0 Å². The average molecular weight is 291 g/mol. The third-order valence-electron chi connectivity index (χ3n) is 8.22. The van der Waals surface area contributed by atoms with Crippen LogP contribution in [-0.4, -0.2) is 5.25 Å². The van der Waals surface area contributed by atoms with Crippen molar-refractivity contribution in [2.45, 2.75) is 57.6 Å². The van der Waals surface area contributed by atoms with Crippen molar-refractivity contribution in [2.75, 3.05) is 0 Å². The van der Waals surface area contributed by atoms with E-state index in [4.69, 9.17) is 12.6 Å². The van der Waals surface area contributed by atoms with E-state index in [1.54, 1.807) is 6.42 Å². The highest BCUT2D eigenvalue weighted by Gasteiger charge is 2.70. The molecule has 4 saturated carbocycles. The van der Waals surface area contributed by atoms with Crippen molar-refractivity contribution in [3.8, 4) is 0 Å². The van der Waals surface area contributed by atoms with Gasteiger partial charge in [-0.25, -0.2) is 0 Å². The van der Waals surface area contributed by atoms with Gasteiger partial charge in [-0.1, -0.05) is 19.9 Å². The summed E-state index contributed by atoms with van der Waals surface area (Å²) in [6.45, 7) is 9.19. The quantitative estimate of drug-likeness (QED) is 0.524. The summed E-state index contributed by atoms with van der Waals surface area (Å²) >= 11 is 4.90. The number of rotatable bonds is 2. The molecule has 0 bridgehead atoms. The molecule has 0 aromatic carbocycles. The van der Waals surface area contributed by atoms with Crippen LogP contribution in [0.1, 0.15) is 52.4 Å². The zero-order chi connectivity index (χ0) is 14.1. The molecule has 0 N–H and O–H groups in total. The van der Waals surface area contributed by atoms with Gasteiger partial charge in [0.2, 0.25) is 0 Å². The van der Waals surface area contributed by atoms with Crippen molar-refractivity contribution >= 4 is 12.6 Å². The minimum atomic E-state index is 0.513. The van der Waals surface area contributed by atoms with Gasteiger partial charge in [-0.15, -0.1) is 6.58 Å². The van der Waals surface area contributed by atoms with E-state index in [2.05, 4.69) is 26.5 Å². The third-order valence-corrected chi connectivity index (χ3v) is 8.69. The monoisotopic (exact) mass is 290 g/mol. The van der Waals surface area contributed by atoms with Gasteiger partial charge in [-0.05, 0) is 85.4 Å². The summed E-state index contributed by atoms with van der Waals surface area (Å²) in [6, 6.07) is 0. The second kappa shape index (κ2) is 4.54. The molecule has 1 heteroatoms. The Kier molecular flexibility index (Phi) is 3.12. The molecule has 0 heterocycles. The van der Waals surface area contributed by atoms with Crippen LogP contribution in [0.2, 0.25) is 0 Å². The zero-order valence-corrected chi connectivity index (χ0v) is 14.0. The summed E-state index contributed by atoms with van der Waals surface area (Å²) in [6.07, 6.45) is 10.7. The number of hydrogen-bond donors (Lipinski definition) is 1. The summed E-state index contributed by atoms with van der Waals surface area (Å²) in [5, 5.41) is 0.639. The fourth-order valence-electron chi connectivity index (χ4n) is 6.77. The molecule has 8 unspecified atom stereocenters. The molecular weight excluding hydrogens is 260 g/mol. The van der Waals surface area contributed by atoms with E-state index in [1.165, 1.54) is 32.1 Å². The fraction of sp³-hybridized carbons (Fsp3) is 0.895. The van der Waals surface area contributed by atoms with E-state index in [9.17, 15) is 0 Å². The lowest BCUT2D eigenvalue weighted by Gasteiger charge is -2.75. The largest absolute Gasteiger partial charge is 0.176 e. The van der Waals surface area contributed by atoms with Gasteiger partial charge in [-0.3, -0.25) is 0 Å². The van der Waals surface area contributed by atoms with Gasteiger partial charge in [0.05, 0.1) is 0 Å². The minimum Gasteiger partial charge on any atom is -0.176 e. The van der Waals surface area contributed by atoms with E-state index < -0.39 is 0 Å². The highest BCUT2D eigenvalue weighted by atomic mass is 32.1. The van der Waals surface area contributed by atoms with Crippen molar-refractivity contribution in [1.82, 2.24) is 0 Å². The zero-order valence-electron chi connectivity index (χ0n) is 13.1. The molecule has 0 aliphatic heterocycles. The van der Waals surface area contributed by atoms with Crippen LogP contribution in [0.25, 0.3) is 0 Å². The first kappa shape index (κ1) is 13.7. The van der Waals surface area contributed by atoms with Gasteiger partial charge in [0.25, 0.3) is 0 Å². The molecule has 4 aliphatic rings. The van der Waals surface area contributed by atoms with Crippen LogP contribution in [0.3, 0.4) is 0 Å². The van der Waals surface area contributed by atoms with E-state index in [-0.39, 0.29) is 0 Å². The Balaban J connectivity index is 1.64. The van der Waals surface area contributed by atoms with Crippen LogP contribution in [0.5, 0.6) is 0 Å². The fourth-order valence-corrected chi connectivity index (χ4v) is 7.19. The molecule has 4 aliphatic carbocycles. The minimum absolute atomic E-state index is 0.513. The normalized spacial score (nSPS) is 60.4. The van der Waals surface area contributed by atoms with E-state index in [0.29, 0.717) is 16.6 Å². The van der Waals surface area contributed by atoms with Crippen LogP contribution in [-0.2, 0) is 0 Å². The van der Waals surface area contributed by atoms with Crippen molar-refractivity contribution in [1.29, 1.82) is 0 Å². The Morgan fingerprint density at radius 3 is 2.60 bits per heavy atom. The average Bonchev–Trinajstić information content (AvgIpc) is 2.40. The summed E-state index contributed by atoms with van der Waals surface area (Å²) in [5.41, 5.74) is 0.513. The lowest BCUT2D eigenvalue weighted by Crippen LogP contribution is -2.70. The third kappa shape index (κ3) is 1.57. The van der Waals surface area contributed by atoms with Gasteiger partial charge in [0.15, 0.2) is 0 Å². The molecule has 20 heavy (non-hydrogen) atoms. The summed E-state index contributed by atoms with van der Waals surface area (Å²) in [4.78, 5) is 0. The lowest BCUT2D eigenvalue weighted by atomic mass is 9.29. The number of allylic oxidation sites excluding steroid dienone is 1. The second-order valence-electron chi connectivity index (χ2n) is 8.49. The van der Waals surface area contributed by atoms with Gasteiger partial charge >= 0.3 is 0 Å². The first-order valence-corrected chi connectivity index (χ1v) is 9.42. The first-order valence-electron chi connectivity index (χ1n) is 8.90. The Labute approximate surface area is 130 Å². The molecule has 0 nitrogen and oxygen atoms in total. The maximum absolute atomic E-state index is 4.90. The van der Waals surface area contributed by atoms with Crippen LogP contribution in [0.4, 0.5) is 0 Å². The highest BCUT2D eigenvalue weighted by Crippen LogP contribution is 2.76. The SMILES string of the molecule is C=CC1CC[C@@H](S)CC2CC3C4CC(C4C23)C1(C)CC. The first-order chi connectivity index (χ1) is 9.60. The standard InChI is InChI=1S/C19H30S/c1-4-12-6-7-13(20)8-11-9-14-15-10-16(18(15)17(11)14)19(12,3)5-2/h4,11-18,20H,1,5-10H2,2-3H3/t11?,12?,13-,14?,15?,16?,17?,18?,19?/m1/s1. The molecule has 0 amide bonds. The predicted octanol–water partition coefficient (Wildman–Crippen LogP) is 5.21. The van der Waals surface area contributed by atoms with E-state index in [1.807, 2.05) is 0 Å². The van der Waals surface area contributed by atoms with Crippen molar-refractivity contribution < 1.29 is 0 Å². The molecular formula is C19H30S. The molecule has 0 radical (unpaired) electrons. The van der Waals surface area contributed by atoms with Gasteiger partial charge in [-0.2, -0.15) is 12.6 Å². The predicted molar refractivity (Wildman–Crippen MR) is 88.9 cm³/mol. The number of hydrogen-bond acceptors (Lipinski definition) is 1. The van der Waals surface area contributed by atoms with Crippen LogP contribution in [0.15, 0.2) is 12.7 Å². The lowest BCUT2D eigenvalue weighted by molar-refractivity contribution is -0.272. The Morgan fingerprint density at radius 1 is 1.15 bits per heavy atom. The topological polar surface area (TPSA) is 0 Å². The maximum atomic E-state index is 4.90. The number of fused-ring (bicyclic) bond motifs is 1. The van der Waals surface area contributed by atoms with Crippen LogP contribution < -0.4 is 0 Å². The van der Waals surface area contributed by atoms with Crippen molar-refractivity contribution in [3.63, 3.8) is 0 Å². The summed E-state index contributed by atoms with van der Waals surface area (Å²) < 4.78 is 0. The van der Waals surface area contributed by atoms with Crippen molar-refractivity contribution in [2.24, 2.45) is 46.8 Å². The molecule has 112 valence electrons. The molecule has 4 fully saturated rings. The van der Waals surface area contributed by atoms with Gasteiger partial charge in [0.1, 0.15) is 0 Å². The van der Waals surface area contributed by atoms with E-state index in [0.717, 1.165) is 35.5 Å². The molecule has 4 rings (SSSR count). The Bertz CT molecular complexity index is 416. The van der Waals surface area contributed by atoms with Crippen molar-refractivity contribution in [3.05, 3.63) is 12.7 Å². The Hall–Kier alpha value is 0.0900. The second-order valence-corrected chi connectivity index (χ2v) is 9.22. The molecule has 0 aromatic heterocycles. The Morgan fingerprint density at radius 2 is 1.90 bits per heavy atom. The smallest absolute Gasteiger partial charge is 0.00197 e. The molecule has 0 spiro atoms. The molecule has 0 aromatic rings. The number of thiol groups is 1. The van der Waals surface area contributed by atoms with Crippen LogP contribution in [0, 0.1) is 46.8 Å². The van der Waals surface area contributed by atoms with Crippen LogP contribution >= 0.6 is 12.6 Å². The van der Waals surface area contributed by atoms with Gasteiger partial charge < -0.3 is 0 Å². The maximum Gasteiger partial charge on any atom is 0.00197 e. The molecule has 9 atom stereocenters.